The van der Waals surface area contributed by atoms with Gasteiger partial charge in [0.1, 0.15) is 7.85 Å². The van der Waals surface area contributed by atoms with E-state index in [1.807, 2.05) is 0 Å². The molecule has 0 amide bonds. The topological polar surface area (TPSA) is 3.24 Å². The van der Waals surface area contributed by atoms with Crippen molar-refractivity contribution in [3.8, 4) is 22.3 Å². The van der Waals surface area contributed by atoms with Crippen LogP contribution in [0.4, 0.5) is 17.1 Å². The smallest absolute Gasteiger partial charge is 0.142 e. The van der Waals surface area contributed by atoms with E-state index in [4.69, 9.17) is 0 Å². The number of benzene rings is 6. The molecule has 170 valence electrons. The first-order valence-electron chi connectivity index (χ1n) is 12.4. The van der Waals surface area contributed by atoms with E-state index in [0.29, 0.717) is 0 Å². The summed E-state index contributed by atoms with van der Waals surface area (Å²) in [6, 6.07) is 52.0. The van der Waals surface area contributed by atoms with Gasteiger partial charge in [-0.05, 0) is 51.7 Å². The molecule has 0 N–H and O–H groups in total. The van der Waals surface area contributed by atoms with E-state index in [9.17, 15) is 0 Å². The van der Waals surface area contributed by atoms with Gasteiger partial charge >= 0.3 is 0 Å². The Morgan fingerprint density at radius 2 is 1.06 bits per heavy atom. The van der Waals surface area contributed by atoms with E-state index in [-0.39, 0.29) is 0 Å². The molecule has 6 aromatic rings. The highest BCUT2D eigenvalue weighted by Crippen LogP contribution is 2.41. The molecule has 0 saturated heterocycles. The van der Waals surface area contributed by atoms with Gasteiger partial charge in [0.2, 0.25) is 0 Å². The van der Waals surface area contributed by atoms with Crippen LogP contribution in [0.25, 0.3) is 33.0 Å². The van der Waals surface area contributed by atoms with Crippen LogP contribution in [0, 0.1) is 0 Å². The molecule has 2 heteroatoms. The van der Waals surface area contributed by atoms with Gasteiger partial charge < -0.3 is 4.90 Å². The van der Waals surface area contributed by atoms with E-state index in [0.717, 1.165) is 11.4 Å². The summed E-state index contributed by atoms with van der Waals surface area (Å²) in [5, 5.41) is 2.52. The van der Waals surface area contributed by atoms with Crippen LogP contribution in [0.2, 0.25) is 0 Å². The maximum absolute atomic E-state index is 2.40. The predicted molar refractivity (Wildman–Crippen MR) is 158 cm³/mol. The van der Waals surface area contributed by atoms with Crippen LogP contribution in [-0.4, -0.2) is 7.85 Å². The van der Waals surface area contributed by atoms with E-state index < -0.39 is 0 Å². The van der Waals surface area contributed by atoms with Gasteiger partial charge in [-0.25, -0.2) is 0 Å². The Balaban J connectivity index is 1.58. The molecule has 0 aromatic heterocycles. The van der Waals surface area contributed by atoms with Crippen LogP contribution in [0.3, 0.4) is 0 Å². The summed E-state index contributed by atoms with van der Waals surface area (Å²) in [4.78, 5) is 2.40. The van der Waals surface area contributed by atoms with Crippen molar-refractivity contribution >= 4 is 41.1 Å². The fraction of sp³-hybridized carbons (Fsp3) is 0. The average molecular weight is 459 g/mol. The van der Waals surface area contributed by atoms with Gasteiger partial charge in [-0.2, -0.15) is 0 Å². The summed E-state index contributed by atoms with van der Waals surface area (Å²) in [6.07, 6.45) is 0. The summed E-state index contributed by atoms with van der Waals surface area (Å²) in [7, 11) is 2.18. The monoisotopic (exact) mass is 459 g/mol. The molecular formula is C34H26BN. The summed E-state index contributed by atoms with van der Waals surface area (Å²) >= 11 is 0. The van der Waals surface area contributed by atoms with Crippen molar-refractivity contribution in [3.05, 3.63) is 146 Å². The molecule has 0 spiro atoms. The van der Waals surface area contributed by atoms with Gasteiger partial charge in [-0.1, -0.05) is 127 Å². The molecule has 0 bridgehead atoms. The van der Waals surface area contributed by atoms with Gasteiger partial charge in [0, 0.05) is 16.9 Å². The first-order chi connectivity index (χ1) is 17.8. The number of nitrogens with zero attached hydrogens (tertiary/aromatic N) is 1. The lowest BCUT2D eigenvalue weighted by molar-refractivity contribution is 1.29. The van der Waals surface area contributed by atoms with Crippen LogP contribution in [0.1, 0.15) is 0 Å². The van der Waals surface area contributed by atoms with Crippen molar-refractivity contribution in [2.45, 2.75) is 0 Å². The minimum absolute atomic E-state index is 1.14. The van der Waals surface area contributed by atoms with E-state index in [1.165, 1.54) is 44.2 Å². The molecule has 0 saturated carbocycles. The Labute approximate surface area is 213 Å². The first-order valence-corrected chi connectivity index (χ1v) is 12.4. The van der Waals surface area contributed by atoms with Crippen LogP contribution in [0.5, 0.6) is 0 Å². The minimum atomic E-state index is 1.14. The zero-order chi connectivity index (χ0) is 24.3. The molecule has 0 fully saturated rings. The quantitative estimate of drug-likeness (QED) is 0.237. The largest absolute Gasteiger partial charge is 0.310 e. The van der Waals surface area contributed by atoms with Crippen molar-refractivity contribution in [3.63, 3.8) is 0 Å². The highest BCUT2D eigenvalue weighted by Gasteiger charge is 2.18. The van der Waals surface area contributed by atoms with Crippen LogP contribution < -0.4 is 10.4 Å². The van der Waals surface area contributed by atoms with E-state index in [1.54, 1.807) is 0 Å². The highest BCUT2D eigenvalue weighted by atomic mass is 15.1. The van der Waals surface area contributed by atoms with E-state index >= 15 is 0 Å². The Morgan fingerprint density at radius 1 is 0.444 bits per heavy atom. The highest BCUT2D eigenvalue weighted by molar-refractivity contribution is 6.36. The lowest BCUT2D eigenvalue weighted by Crippen LogP contribution is -2.19. The number of hydrogen-bond donors (Lipinski definition) is 0. The molecule has 0 heterocycles. The second-order valence-electron chi connectivity index (χ2n) is 9.08. The predicted octanol–water partition coefficient (Wildman–Crippen LogP) is 7.90. The standard InChI is InChI=1S/C34H26BN/c35-32-21-7-9-23-34(32)36(33-22-8-6-19-31(33)26-12-2-1-3-13-26)28-17-10-16-27(24-28)30-20-11-15-25-14-4-5-18-29(25)30/h1-24H,35H2. The molecular weight excluding hydrogens is 433 g/mol. The molecule has 0 radical (unpaired) electrons. The zero-order valence-electron chi connectivity index (χ0n) is 20.3. The first kappa shape index (κ1) is 21.9. The number of fused-ring (bicyclic) bond motifs is 1. The van der Waals surface area contributed by atoms with Crippen LogP contribution in [-0.2, 0) is 0 Å². The molecule has 6 rings (SSSR count). The molecule has 0 aliphatic carbocycles. The van der Waals surface area contributed by atoms with E-state index in [2.05, 4.69) is 158 Å². The Bertz CT molecular complexity index is 1650. The molecule has 0 aliphatic heterocycles. The molecule has 0 unspecified atom stereocenters. The Morgan fingerprint density at radius 3 is 1.92 bits per heavy atom. The maximum atomic E-state index is 2.40. The van der Waals surface area contributed by atoms with Crippen LogP contribution >= 0.6 is 0 Å². The minimum Gasteiger partial charge on any atom is -0.310 e. The molecule has 6 aromatic carbocycles. The SMILES string of the molecule is Bc1ccccc1N(c1cccc(-c2cccc3ccccc23)c1)c1ccccc1-c1ccccc1. The Kier molecular flexibility index (Phi) is 5.85. The van der Waals surface area contributed by atoms with Crippen LogP contribution in [0.15, 0.2) is 146 Å². The lowest BCUT2D eigenvalue weighted by atomic mass is 9.92. The molecule has 0 atom stereocenters. The Hall–Kier alpha value is -4.56. The summed E-state index contributed by atoms with van der Waals surface area (Å²) in [5.74, 6) is 0. The lowest BCUT2D eigenvalue weighted by Gasteiger charge is -2.29. The summed E-state index contributed by atoms with van der Waals surface area (Å²) in [6.45, 7) is 0. The second kappa shape index (κ2) is 9.60. The molecule has 1 nitrogen and oxygen atoms in total. The summed E-state index contributed by atoms with van der Waals surface area (Å²) < 4.78 is 0. The van der Waals surface area contributed by atoms with Gasteiger partial charge in [0.25, 0.3) is 0 Å². The van der Waals surface area contributed by atoms with Crippen molar-refractivity contribution in [1.82, 2.24) is 0 Å². The fourth-order valence-corrected chi connectivity index (χ4v) is 5.04. The third-order valence-electron chi connectivity index (χ3n) is 6.79. The van der Waals surface area contributed by atoms with Crippen molar-refractivity contribution in [2.24, 2.45) is 0 Å². The van der Waals surface area contributed by atoms with Gasteiger partial charge in [0.15, 0.2) is 0 Å². The third-order valence-corrected chi connectivity index (χ3v) is 6.79. The number of anilines is 3. The molecule has 0 aliphatic rings. The number of para-hydroxylation sites is 2. The maximum Gasteiger partial charge on any atom is 0.142 e. The van der Waals surface area contributed by atoms with Gasteiger partial charge in [-0.3, -0.25) is 0 Å². The van der Waals surface area contributed by atoms with Gasteiger partial charge in [-0.15, -0.1) is 0 Å². The second-order valence-corrected chi connectivity index (χ2v) is 9.08. The normalized spacial score (nSPS) is 10.9. The number of rotatable bonds is 5. The van der Waals surface area contributed by atoms with Crippen molar-refractivity contribution in [1.29, 1.82) is 0 Å². The van der Waals surface area contributed by atoms with Crippen molar-refractivity contribution in [2.75, 3.05) is 4.90 Å². The third kappa shape index (κ3) is 4.08. The average Bonchev–Trinajstić information content (AvgIpc) is 2.95. The molecule has 36 heavy (non-hydrogen) atoms. The zero-order valence-corrected chi connectivity index (χ0v) is 20.3. The number of hydrogen-bond acceptors (Lipinski definition) is 1. The van der Waals surface area contributed by atoms with Crippen molar-refractivity contribution < 1.29 is 0 Å². The fourth-order valence-electron chi connectivity index (χ4n) is 5.04. The van der Waals surface area contributed by atoms with Gasteiger partial charge in [0.05, 0.1) is 5.69 Å². The summed E-state index contributed by atoms with van der Waals surface area (Å²) in [5.41, 5.74) is 9.57.